The van der Waals surface area contributed by atoms with Gasteiger partial charge >= 0.3 is 5.97 Å². The molecule has 2 aromatic carbocycles. The quantitative estimate of drug-likeness (QED) is 0.584. The van der Waals surface area contributed by atoms with Crippen molar-refractivity contribution in [1.82, 2.24) is 0 Å². The van der Waals surface area contributed by atoms with Crippen LogP contribution < -0.4 is 16.8 Å². The second-order valence-corrected chi connectivity index (χ2v) is 4.34. The number of nitrogen functional groups attached to an aromatic ring is 2. The van der Waals surface area contributed by atoms with Crippen molar-refractivity contribution < 1.29 is 14.3 Å². The monoisotopic (exact) mass is 285 g/mol. The van der Waals surface area contributed by atoms with Crippen molar-refractivity contribution in [1.29, 1.82) is 0 Å². The van der Waals surface area contributed by atoms with Gasteiger partial charge in [0, 0.05) is 17.1 Å². The number of anilines is 3. The summed E-state index contributed by atoms with van der Waals surface area (Å²) < 4.78 is 4.91. The van der Waals surface area contributed by atoms with E-state index in [1.165, 1.54) is 18.2 Å². The predicted molar refractivity (Wildman–Crippen MR) is 80.6 cm³/mol. The number of carbonyl (C=O) groups excluding carboxylic acids is 2. The summed E-state index contributed by atoms with van der Waals surface area (Å²) in [7, 11) is 0. The Morgan fingerprint density at radius 1 is 1.05 bits per heavy atom. The van der Waals surface area contributed by atoms with E-state index in [1.807, 2.05) is 6.07 Å². The fraction of sp³-hybridized carbons (Fsp3) is 0.0667. The molecule has 0 fully saturated rings. The molecular weight excluding hydrogens is 270 g/mol. The summed E-state index contributed by atoms with van der Waals surface area (Å²) in [6.45, 7) is -0.391. The molecule has 0 radical (unpaired) electrons. The van der Waals surface area contributed by atoms with Gasteiger partial charge < -0.3 is 21.5 Å². The number of hydrogen-bond donors (Lipinski definition) is 3. The minimum atomic E-state index is -0.671. The third-order valence-electron chi connectivity index (χ3n) is 2.69. The minimum Gasteiger partial charge on any atom is -0.452 e. The maximum absolute atomic E-state index is 11.8. The van der Waals surface area contributed by atoms with E-state index in [0.29, 0.717) is 11.4 Å². The molecule has 0 aliphatic heterocycles. The van der Waals surface area contributed by atoms with Gasteiger partial charge in [0.05, 0.1) is 5.56 Å². The highest BCUT2D eigenvalue weighted by molar-refractivity contribution is 5.98. The van der Waals surface area contributed by atoms with Gasteiger partial charge in [0.25, 0.3) is 5.91 Å². The van der Waals surface area contributed by atoms with Gasteiger partial charge in [-0.1, -0.05) is 18.2 Å². The van der Waals surface area contributed by atoms with Crippen LogP contribution in [0, 0.1) is 0 Å². The van der Waals surface area contributed by atoms with Crippen molar-refractivity contribution >= 4 is 28.9 Å². The number of amides is 1. The predicted octanol–water partition coefficient (Wildman–Crippen LogP) is 1.65. The lowest BCUT2D eigenvalue weighted by Gasteiger charge is -2.08. The molecule has 0 bridgehead atoms. The molecule has 0 aromatic heterocycles. The molecule has 0 aliphatic rings. The molecule has 0 aliphatic carbocycles. The van der Waals surface area contributed by atoms with E-state index >= 15 is 0 Å². The number of benzene rings is 2. The van der Waals surface area contributed by atoms with Gasteiger partial charge in [-0.25, -0.2) is 4.79 Å². The minimum absolute atomic E-state index is 0.178. The molecule has 0 spiro atoms. The van der Waals surface area contributed by atoms with Gasteiger partial charge in [-0.15, -0.1) is 0 Å². The lowest BCUT2D eigenvalue weighted by molar-refractivity contribution is -0.119. The summed E-state index contributed by atoms with van der Waals surface area (Å²) in [5.74, 6) is -1.10. The summed E-state index contributed by atoms with van der Waals surface area (Å²) in [4.78, 5) is 23.5. The third kappa shape index (κ3) is 3.97. The zero-order valence-electron chi connectivity index (χ0n) is 11.2. The smallest absolute Gasteiger partial charge is 0.340 e. The standard InChI is InChI=1S/C15H15N3O3/c16-10-6-7-12(13(17)8-10)15(20)21-9-14(19)18-11-4-2-1-3-5-11/h1-8H,9,16-17H2,(H,18,19). The Labute approximate surface area is 121 Å². The van der Waals surface area contributed by atoms with Crippen molar-refractivity contribution in [2.45, 2.75) is 0 Å². The van der Waals surface area contributed by atoms with Gasteiger partial charge in [-0.3, -0.25) is 4.79 Å². The highest BCUT2D eigenvalue weighted by atomic mass is 16.5. The molecule has 0 unspecified atom stereocenters. The second-order valence-electron chi connectivity index (χ2n) is 4.34. The molecule has 6 heteroatoms. The number of rotatable bonds is 4. The van der Waals surface area contributed by atoms with Crippen molar-refractivity contribution in [3.63, 3.8) is 0 Å². The summed E-state index contributed by atoms with van der Waals surface area (Å²) in [5, 5.41) is 2.61. The maximum atomic E-state index is 11.8. The number of ether oxygens (including phenoxy) is 1. The maximum Gasteiger partial charge on any atom is 0.340 e. The van der Waals surface area contributed by atoms with E-state index in [-0.39, 0.29) is 11.3 Å². The average Bonchev–Trinajstić information content (AvgIpc) is 2.46. The fourth-order valence-corrected chi connectivity index (χ4v) is 1.69. The van der Waals surface area contributed by atoms with Crippen molar-refractivity contribution in [2.24, 2.45) is 0 Å². The van der Waals surface area contributed by atoms with E-state index in [1.54, 1.807) is 24.3 Å². The van der Waals surface area contributed by atoms with Crippen LogP contribution in [0.1, 0.15) is 10.4 Å². The van der Waals surface area contributed by atoms with Crippen LogP contribution in [0.25, 0.3) is 0 Å². The van der Waals surface area contributed by atoms with Gasteiger partial charge in [0.15, 0.2) is 6.61 Å². The number of esters is 1. The lowest BCUT2D eigenvalue weighted by Crippen LogP contribution is -2.21. The summed E-state index contributed by atoms with van der Waals surface area (Å²) in [6.07, 6.45) is 0. The molecule has 2 aromatic rings. The van der Waals surface area contributed by atoms with Crippen LogP contribution in [0.2, 0.25) is 0 Å². The first-order chi connectivity index (χ1) is 10.1. The first-order valence-electron chi connectivity index (χ1n) is 6.23. The van der Waals surface area contributed by atoms with Gasteiger partial charge in [-0.2, -0.15) is 0 Å². The van der Waals surface area contributed by atoms with Crippen molar-refractivity contribution in [3.05, 3.63) is 54.1 Å². The molecule has 21 heavy (non-hydrogen) atoms. The number of nitrogens with one attached hydrogen (secondary N) is 1. The molecule has 2 rings (SSSR count). The average molecular weight is 285 g/mol. The topological polar surface area (TPSA) is 107 Å². The molecule has 108 valence electrons. The normalized spacial score (nSPS) is 9.90. The Hall–Kier alpha value is -3.02. The van der Waals surface area contributed by atoms with Gasteiger partial charge in [-0.05, 0) is 30.3 Å². The van der Waals surface area contributed by atoms with Crippen LogP contribution in [-0.4, -0.2) is 18.5 Å². The third-order valence-corrected chi connectivity index (χ3v) is 2.69. The van der Waals surface area contributed by atoms with E-state index in [9.17, 15) is 9.59 Å². The Balaban J connectivity index is 1.90. The van der Waals surface area contributed by atoms with Crippen LogP contribution in [0.15, 0.2) is 48.5 Å². The summed E-state index contributed by atoms with van der Waals surface area (Å²) in [5.41, 5.74) is 12.7. The summed E-state index contributed by atoms with van der Waals surface area (Å²) in [6, 6.07) is 13.3. The molecule has 5 N–H and O–H groups in total. The van der Waals surface area contributed by atoms with Crippen LogP contribution in [0.4, 0.5) is 17.1 Å². The molecular formula is C15H15N3O3. The molecule has 0 atom stereocenters. The number of para-hydroxylation sites is 1. The van der Waals surface area contributed by atoms with Crippen LogP contribution in [0.3, 0.4) is 0 Å². The molecule has 6 nitrogen and oxygen atoms in total. The van der Waals surface area contributed by atoms with E-state index < -0.39 is 18.5 Å². The number of carbonyl (C=O) groups is 2. The first-order valence-corrected chi connectivity index (χ1v) is 6.23. The van der Waals surface area contributed by atoms with Gasteiger partial charge in [0.2, 0.25) is 0 Å². The Morgan fingerprint density at radius 2 is 1.76 bits per heavy atom. The molecule has 0 saturated heterocycles. The van der Waals surface area contributed by atoms with Crippen molar-refractivity contribution in [2.75, 3.05) is 23.4 Å². The Bertz CT molecular complexity index is 656. The highest BCUT2D eigenvalue weighted by Crippen LogP contribution is 2.16. The lowest BCUT2D eigenvalue weighted by atomic mass is 10.1. The van der Waals surface area contributed by atoms with Crippen LogP contribution in [0.5, 0.6) is 0 Å². The second kappa shape index (κ2) is 6.42. The molecule has 1 amide bonds. The highest BCUT2D eigenvalue weighted by Gasteiger charge is 2.13. The first kappa shape index (κ1) is 14.4. The van der Waals surface area contributed by atoms with Gasteiger partial charge in [0.1, 0.15) is 0 Å². The zero-order valence-corrected chi connectivity index (χ0v) is 11.2. The van der Waals surface area contributed by atoms with E-state index in [0.717, 1.165) is 0 Å². The SMILES string of the molecule is Nc1ccc(C(=O)OCC(=O)Nc2ccccc2)c(N)c1. The van der Waals surface area contributed by atoms with E-state index in [4.69, 9.17) is 16.2 Å². The van der Waals surface area contributed by atoms with Crippen molar-refractivity contribution in [3.8, 4) is 0 Å². The Kier molecular flexibility index (Phi) is 4.40. The molecule has 0 saturated carbocycles. The largest absolute Gasteiger partial charge is 0.452 e. The van der Waals surface area contributed by atoms with E-state index in [2.05, 4.69) is 5.32 Å². The zero-order chi connectivity index (χ0) is 15.2. The fourth-order valence-electron chi connectivity index (χ4n) is 1.69. The Morgan fingerprint density at radius 3 is 2.43 bits per heavy atom. The van der Waals surface area contributed by atoms with Crippen LogP contribution in [-0.2, 0) is 9.53 Å². The van der Waals surface area contributed by atoms with Crippen LogP contribution >= 0.6 is 0 Å². The number of hydrogen-bond acceptors (Lipinski definition) is 5. The number of nitrogens with two attached hydrogens (primary N) is 2. The summed E-state index contributed by atoms with van der Waals surface area (Å²) >= 11 is 0. The molecule has 0 heterocycles.